The number of fused-ring (bicyclic) bond motifs is 1. The highest BCUT2D eigenvalue weighted by Gasteiger charge is 2.19. The summed E-state index contributed by atoms with van der Waals surface area (Å²) < 4.78 is 7.62. The average Bonchev–Trinajstić information content (AvgIpc) is 2.84. The van der Waals surface area contributed by atoms with Gasteiger partial charge in [-0.25, -0.2) is 4.98 Å². The number of methoxy groups -OCH3 is 1. The van der Waals surface area contributed by atoms with Crippen molar-refractivity contribution >= 4 is 0 Å². The van der Waals surface area contributed by atoms with Crippen LogP contribution in [0.1, 0.15) is 42.9 Å². The van der Waals surface area contributed by atoms with Gasteiger partial charge in [0.1, 0.15) is 11.6 Å². The molecule has 1 aromatic heterocycles. The molecule has 1 aromatic carbocycles. The largest absolute Gasteiger partial charge is 0.497 e. The Morgan fingerprint density at radius 3 is 2.84 bits per heavy atom. The van der Waals surface area contributed by atoms with E-state index in [1.54, 1.807) is 7.11 Å². The maximum absolute atomic E-state index is 5.19. The van der Waals surface area contributed by atoms with Crippen LogP contribution in [0.4, 0.5) is 0 Å². The molecule has 0 N–H and O–H groups in total. The van der Waals surface area contributed by atoms with E-state index in [1.807, 2.05) is 12.1 Å². The first-order valence-corrected chi connectivity index (χ1v) is 6.96. The molecule has 100 valence electrons. The molecular weight excluding hydrogens is 236 g/mol. The fourth-order valence-electron chi connectivity index (χ4n) is 2.93. The lowest BCUT2D eigenvalue weighted by atomic mass is 10.0. The van der Waals surface area contributed by atoms with E-state index < -0.39 is 0 Å². The zero-order chi connectivity index (χ0) is 13.2. The van der Waals surface area contributed by atoms with E-state index in [2.05, 4.69) is 34.8 Å². The molecule has 0 saturated carbocycles. The van der Waals surface area contributed by atoms with Gasteiger partial charge in [-0.05, 0) is 43.9 Å². The van der Waals surface area contributed by atoms with Crippen molar-refractivity contribution in [2.75, 3.05) is 7.11 Å². The molecule has 1 unspecified atom stereocenters. The number of benzene rings is 1. The molecule has 0 spiro atoms. The molecule has 1 atom stereocenters. The number of hydrogen-bond acceptors (Lipinski definition) is 2. The van der Waals surface area contributed by atoms with Gasteiger partial charge in [0, 0.05) is 24.4 Å². The van der Waals surface area contributed by atoms with Crippen LogP contribution in [0.5, 0.6) is 5.75 Å². The van der Waals surface area contributed by atoms with Gasteiger partial charge >= 0.3 is 0 Å². The molecule has 0 fully saturated rings. The van der Waals surface area contributed by atoms with E-state index >= 15 is 0 Å². The summed E-state index contributed by atoms with van der Waals surface area (Å²) in [6.07, 6.45) is 6.66. The van der Waals surface area contributed by atoms with E-state index in [9.17, 15) is 0 Å². The first-order chi connectivity index (χ1) is 9.28. The number of aromatic nitrogens is 2. The second-order valence-electron chi connectivity index (χ2n) is 5.30. The predicted molar refractivity (Wildman–Crippen MR) is 75.7 cm³/mol. The minimum Gasteiger partial charge on any atom is -0.497 e. The number of ether oxygens (including phenoxy) is 1. The second-order valence-corrected chi connectivity index (χ2v) is 5.30. The molecule has 0 bridgehead atoms. The van der Waals surface area contributed by atoms with Crippen molar-refractivity contribution in [1.29, 1.82) is 0 Å². The third kappa shape index (κ3) is 2.37. The van der Waals surface area contributed by atoms with Crippen LogP contribution in [0.25, 0.3) is 0 Å². The van der Waals surface area contributed by atoms with Gasteiger partial charge < -0.3 is 9.30 Å². The SMILES string of the molecule is COc1ccc(Cc2ncc3n2C(C)CCC3)cc1. The minimum absolute atomic E-state index is 0.583. The lowest BCUT2D eigenvalue weighted by Gasteiger charge is -2.24. The molecule has 0 amide bonds. The zero-order valence-electron chi connectivity index (χ0n) is 11.6. The summed E-state index contributed by atoms with van der Waals surface area (Å²) in [5.41, 5.74) is 2.68. The maximum Gasteiger partial charge on any atom is 0.118 e. The summed E-state index contributed by atoms with van der Waals surface area (Å²) in [5, 5.41) is 0. The molecule has 3 rings (SSSR count). The van der Waals surface area contributed by atoms with Gasteiger partial charge in [-0.2, -0.15) is 0 Å². The molecule has 0 radical (unpaired) electrons. The van der Waals surface area contributed by atoms with Crippen LogP contribution in [-0.2, 0) is 12.8 Å². The van der Waals surface area contributed by atoms with Crippen molar-refractivity contribution in [2.24, 2.45) is 0 Å². The average molecular weight is 256 g/mol. The molecule has 1 aliphatic heterocycles. The van der Waals surface area contributed by atoms with Crippen molar-refractivity contribution < 1.29 is 4.74 Å². The third-order valence-corrected chi connectivity index (χ3v) is 3.97. The van der Waals surface area contributed by atoms with Gasteiger partial charge in [0.05, 0.1) is 7.11 Å². The van der Waals surface area contributed by atoms with E-state index in [0.29, 0.717) is 6.04 Å². The van der Waals surface area contributed by atoms with Crippen molar-refractivity contribution in [3.8, 4) is 5.75 Å². The van der Waals surface area contributed by atoms with Gasteiger partial charge in [0.25, 0.3) is 0 Å². The monoisotopic (exact) mass is 256 g/mol. The van der Waals surface area contributed by atoms with Gasteiger partial charge in [0.2, 0.25) is 0 Å². The van der Waals surface area contributed by atoms with Gasteiger partial charge in [0.15, 0.2) is 0 Å². The first kappa shape index (κ1) is 12.3. The Morgan fingerprint density at radius 2 is 2.11 bits per heavy atom. The maximum atomic E-state index is 5.19. The highest BCUT2D eigenvalue weighted by Crippen LogP contribution is 2.27. The number of hydrogen-bond donors (Lipinski definition) is 0. The lowest BCUT2D eigenvalue weighted by molar-refractivity contribution is 0.414. The van der Waals surface area contributed by atoms with E-state index in [0.717, 1.165) is 12.2 Å². The smallest absolute Gasteiger partial charge is 0.118 e. The summed E-state index contributed by atoms with van der Waals surface area (Å²) in [7, 11) is 1.70. The highest BCUT2D eigenvalue weighted by molar-refractivity contribution is 5.29. The van der Waals surface area contributed by atoms with Crippen LogP contribution >= 0.6 is 0 Å². The molecule has 1 aliphatic rings. The van der Waals surface area contributed by atoms with Crippen LogP contribution in [0.15, 0.2) is 30.5 Å². The normalized spacial score (nSPS) is 18.1. The standard InChI is InChI=1S/C16H20N2O/c1-12-4-3-5-14-11-17-16(18(12)14)10-13-6-8-15(19-2)9-7-13/h6-9,11-12H,3-5,10H2,1-2H3. The third-order valence-electron chi connectivity index (χ3n) is 3.97. The van der Waals surface area contributed by atoms with Gasteiger partial charge in [-0.1, -0.05) is 12.1 Å². The molecule has 2 aromatic rings. The summed E-state index contributed by atoms with van der Waals surface area (Å²) in [4.78, 5) is 4.62. The zero-order valence-corrected chi connectivity index (χ0v) is 11.6. The summed E-state index contributed by atoms with van der Waals surface area (Å²) in [6, 6.07) is 8.85. The predicted octanol–water partition coefficient (Wildman–Crippen LogP) is 3.38. The van der Waals surface area contributed by atoms with Crippen molar-refractivity contribution in [3.05, 3.63) is 47.5 Å². The van der Waals surface area contributed by atoms with Crippen LogP contribution in [0, 0.1) is 0 Å². The highest BCUT2D eigenvalue weighted by atomic mass is 16.5. The van der Waals surface area contributed by atoms with Gasteiger partial charge in [-0.3, -0.25) is 0 Å². The molecular formula is C16H20N2O. The minimum atomic E-state index is 0.583. The van der Waals surface area contributed by atoms with Crippen molar-refractivity contribution in [2.45, 2.75) is 38.6 Å². The Labute approximate surface area is 114 Å². The van der Waals surface area contributed by atoms with Crippen LogP contribution in [0.2, 0.25) is 0 Å². The molecule has 19 heavy (non-hydrogen) atoms. The number of nitrogens with zero attached hydrogens (tertiary/aromatic N) is 2. The Balaban J connectivity index is 1.85. The Kier molecular flexibility index (Phi) is 3.28. The number of aryl methyl sites for hydroxylation is 1. The summed E-state index contributed by atoms with van der Waals surface area (Å²) >= 11 is 0. The Bertz CT molecular complexity index is 557. The van der Waals surface area contributed by atoms with E-state index in [-0.39, 0.29) is 0 Å². The second kappa shape index (κ2) is 5.08. The molecule has 2 heterocycles. The number of rotatable bonds is 3. The number of imidazole rings is 1. The molecule has 0 saturated heterocycles. The van der Waals surface area contributed by atoms with Crippen molar-refractivity contribution in [1.82, 2.24) is 9.55 Å². The quantitative estimate of drug-likeness (QED) is 0.841. The molecule has 3 nitrogen and oxygen atoms in total. The first-order valence-electron chi connectivity index (χ1n) is 6.96. The fraction of sp³-hybridized carbons (Fsp3) is 0.438. The Morgan fingerprint density at radius 1 is 1.32 bits per heavy atom. The molecule has 0 aliphatic carbocycles. The summed E-state index contributed by atoms with van der Waals surface area (Å²) in [6.45, 7) is 2.29. The lowest BCUT2D eigenvalue weighted by Crippen LogP contribution is -2.17. The Hall–Kier alpha value is -1.77. The van der Waals surface area contributed by atoms with Crippen LogP contribution in [-0.4, -0.2) is 16.7 Å². The fourth-order valence-corrected chi connectivity index (χ4v) is 2.93. The topological polar surface area (TPSA) is 27.1 Å². The van der Waals surface area contributed by atoms with E-state index in [1.165, 1.54) is 36.3 Å². The van der Waals surface area contributed by atoms with Gasteiger partial charge in [-0.15, -0.1) is 0 Å². The van der Waals surface area contributed by atoms with E-state index in [4.69, 9.17) is 4.74 Å². The van der Waals surface area contributed by atoms with Crippen molar-refractivity contribution in [3.63, 3.8) is 0 Å². The van der Waals surface area contributed by atoms with Crippen LogP contribution < -0.4 is 4.74 Å². The molecule has 3 heteroatoms. The van der Waals surface area contributed by atoms with Crippen LogP contribution in [0.3, 0.4) is 0 Å². The summed E-state index contributed by atoms with van der Waals surface area (Å²) in [5.74, 6) is 2.09.